The molecule has 1 amide bonds. The highest BCUT2D eigenvalue weighted by Gasteiger charge is 2.29. The fourth-order valence-electron chi connectivity index (χ4n) is 5.03. The van der Waals surface area contributed by atoms with Crippen LogP contribution in [0.15, 0.2) is 84.6 Å². The minimum absolute atomic E-state index is 0.0190. The maximum absolute atomic E-state index is 13.0. The minimum atomic E-state index is -0.501. The van der Waals surface area contributed by atoms with Gasteiger partial charge in [0, 0.05) is 25.5 Å². The van der Waals surface area contributed by atoms with E-state index in [4.69, 9.17) is 14.6 Å². The zero-order valence-corrected chi connectivity index (χ0v) is 20.5. The summed E-state index contributed by atoms with van der Waals surface area (Å²) in [5.41, 5.74) is 7.63. The van der Waals surface area contributed by atoms with Crippen LogP contribution in [0.3, 0.4) is 0 Å². The first kappa shape index (κ1) is 24.3. The number of fused-ring (bicyclic) bond motifs is 3. The maximum atomic E-state index is 13.0. The Labute approximate surface area is 212 Å². The molecule has 36 heavy (non-hydrogen) atoms. The third-order valence-corrected chi connectivity index (χ3v) is 6.93. The van der Waals surface area contributed by atoms with Crippen molar-refractivity contribution in [1.82, 2.24) is 5.32 Å². The van der Waals surface area contributed by atoms with Crippen molar-refractivity contribution in [2.45, 2.75) is 44.3 Å². The van der Waals surface area contributed by atoms with Gasteiger partial charge in [-0.05, 0) is 65.1 Å². The van der Waals surface area contributed by atoms with Crippen molar-refractivity contribution in [3.63, 3.8) is 0 Å². The number of benzene rings is 3. The van der Waals surface area contributed by atoms with Crippen molar-refractivity contribution < 1.29 is 19.4 Å². The lowest BCUT2D eigenvalue weighted by Crippen LogP contribution is -2.34. The van der Waals surface area contributed by atoms with Crippen LogP contribution in [0.1, 0.15) is 47.4 Å². The van der Waals surface area contributed by atoms with Gasteiger partial charge in [-0.15, -0.1) is 0 Å². The van der Waals surface area contributed by atoms with Crippen LogP contribution in [0, 0.1) is 0 Å². The fourth-order valence-corrected chi connectivity index (χ4v) is 5.03. The van der Waals surface area contributed by atoms with Crippen LogP contribution in [0.25, 0.3) is 11.1 Å². The number of carbonyl (C=O) groups is 1. The van der Waals surface area contributed by atoms with Crippen molar-refractivity contribution in [3.8, 4) is 11.1 Å². The van der Waals surface area contributed by atoms with Crippen molar-refractivity contribution in [3.05, 3.63) is 107 Å². The Hall–Kier alpha value is -3.41. The van der Waals surface area contributed by atoms with Crippen molar-refractivity contribution in [2.75, 3.05) is 19.8 Å². The number of aliphatic hydroxyl groups excluding tert-OH is 1. The molecule has 5 nitrogen and oxygen atoms in total. The van der Waals surface area contributed by atoms with Gasteiger partial charge in [-0.1, -0.05) is 72.8 Å². The van der Waals surface area contributed by atoms with E-state index in [9.17, 15) is 4.79 Å². The van der Waals surface area contributed by atoms with Crippen LogP contribution in [0.5, 0.6) is 0 Å². The molecule has 3 aromatic rings. The first-order valence-electron chi connectivity index (χ1n) is 12.9. The molecule has 2 aliphatic rings. The van der Waals surface area contributed by atoms with E-state index in [1.165, 1.54) is 33.4 Å². The number of unbranched alkanes of at least 4 members (excludes halogenated alkanes) is 1. The molecule has 0 radical (unpaired) electrons. The van der Waals surface area contributed by atoms with Crippen LogP contribution in [-0.2, 0) is 27.1 Å². The third kappa shape index (κ3) is 5.69. The largest absolute Gasteiger partial charge is 0.459 e. The van der Waals surface area contributed by atoms with E-state index in [1.54, 1.807) is 0 Å². The average molecular weight is 484 g/mol. The van der Waals surface area contributed by atoms with E-state index in [1.807, 2.05) is 24.3 Å². The predicted octanol–water partition coefficient (Wildman–Crippen LogP) is 5.12. The lowest BCUT2D eigenvalue weighted by Gasteiger charge is -2.29. The molecule has 5 heteroatoms. The summed E-state index contributed by atoms with van der Waals surface area (Å²) < 4.78 is 12.0. The Balaban J connectivity index is 1.31. The highest BCUT2D eigenvalue weighted by atomic mass is 16.7. The van der Waals surface area contributed by atoms with Crippen molar-refractivity contribution in [1.29, 1.82) is 0 Å². The maximum Gasteiger partial charge on any atom is 0.286 e. The van der Waals surface area contributed by atoms with Crippen LogP contribution in [-0.4, -0.2) is 37.1 Å². The molecule has 0 spiro atoms. The van der Waals surface area contributed by atoms with E-state index >= 15 is 0 Å². The van der Waals surface area contributed by atoms with Gasteiger partial charge in [0.1, 0.15) is 0 Å². The molecule has 1 aliphatic heterocycles. The first-order chi connectivity index (χ1) is 17.7. The van der Waals surface area contributed by atoms with Crippen molar-refractivity contribution >= 4 is 5.91 Å². The van der Waals surface area contributed by atoms with Crippen LogP contribution in [0.2, 0.25) is 0 Å². The lowest BCUT2D eigenvalue weighted by molar-refractivity contribution is -0.146. The van der Waals surface area contributed by atoms with Crippen LogP contribution >= 0.6 is 0 Å². The molecule has 1 aliphatic carbocycles. The van der Waals surface area contributed by atoms with Gasteiger partial charge < -0.3 is 19.9 Å². The quantitative estimate of drug-likeness (QED) is 0.307. The number of ether oxygens (including phenoxy) is 2. The van der Waals surface area contributed by atoms with Crippen LogP contribution < -0.4 is 5.32 Å². The number of hydrogen-bond donors (Lipinski definition) is 2. The zero-order valence-electron chi connectivity index (χ0n) is 20.5. The van der Waals surface area contributed by atoms with Gasteiger partial charge in [-0.3, -0.25) is 4.79 Å². The molecule has 2 atom stereocenters. The van der Waals surface area contributed by atoms with Crippen molar-refractivity contribution in [2.24, 2.45) is 0 Å². The summed E-state index contributed by atoms with van der Waals surface area (Å²) in [5, 5.41) is 12.1. The third-order valence-electron chi connectivity index (χ3n) is 6.93. The average Bonchev–Trinajstić information content (AvgIpc) is 3.29. The monoisotopic (exact) mass is 483 g/mol. The molecule has 0 unspecified atom stereocenters. The molecule has 0 aromatic heterocycles. The number of aliphatic hydroxyl groups is 1. The molecule has 1 heterocycles. The van der Waals surface area contributed by atoms with Gasteiger partial charge in [0.25, 0.3) is 5.91 Å². The molecular formula is C31H33NO4. The van der Waals surface area contributed by atoms with E-state index in [0.29, 0.717) is 31.8 Å². The second-order valence-electron chi connectivity index (χ2n) is 9.46. The summed E-state index contributed by atoms with van der Waals surface area (Å²) in [6.07, 6.45) is 5.21. The van der Waals surface area contributed by atoms with Crippen LogP contribution in [0.4, 0.5) is 0 Å². The molecule has 5 rings (SSSR count). The summed E-state index contributed by atoms with van der Waals surface area (Å²) in [4.78, 5) is 13.0. The predicted molar refractivity (Wildman–Crippen MR) is 140 cm³/mol. The molecule has 0 saturated carbocycles. The Bertz CT molecular complexity index is 1220. The number of carbonyl (C=O) groups excluding carboxylic acids is 1. The zero-order chi connectivity index (χ0) is 24.7. The highest BCUT2D eigenvalue weighted by Crippen LogP contribution is 2.39. The van der Waals surface area contributed by atoms with Gasteiger partial charge in [-0.25, -0.2) is 0 Å². The Morgan fingerprint density at radius 2 is 1.78 bits per heavy atom. The summed E-state index contributed by atoms with van der Waals surface area (Å²) in [5.74, 6) is 0.119. The molecular weight excluding hydrogens is 450 g/mol. The van der Waals surface area contributed by atoms with E-state index in [2.05, 4.69) is 59.9 Å². The Morgan fingerprint density at radius 3 is 2.64 bits per heavy atom. The van der Waals surface area contributed by atoms with Gasteiger partial charge in [-0.2, -0.15) is 0 Å². The summed E-state index contributed by atoms with van der Waals surface area (Å²) in [6.45, 7) is 1.16. The standard InChI is InChI=1S/C31H33NO4/c33-16-6-7-17-35-30-21-25(20-29(36-30)31(34)32-15-14-22-8-2-1-3-9-22)23-12-13-28-26(18-23)19-24-10-4-5-11-27(24)28/h1-5,8-13,18,20,25,30,33H,6-7,14-17,19,21H2,(H,32,34)/t25-,30+/m1/s1. The summed E-state index contributed by atoms with van der Waals surface area (Å²) >= 11 is 0. The summed E-state index contributed by atoms with van der Waals surface area (Å²) in [7, 11) is 0. The molecule has 0 fully saturated rings. The second kappa shape index (κ2) is 11.5. The Kier molecular flexibility index (Phi) is 7.79. The van der Waals surface area contributed by atoms with E-state index in [-0.39, 0.29) is 18.4 Å². The fraction of sp³-hybridized carbons (Fsp3) is 0.323. The summed E-state index contributed by atoms with van der Waals surface area (Å²) in [6, 6.07) is 25.3. The minimum Gasteiger partial charge on any atom is -0.459 e. The van der Waals surface area contributed by atoms with Gasteiger partial charge >= 0.3 is 0 Å². The molecule has 3 aromatic carbocycles. The number of amides is 1. The molecule has 0 bridgehead atoms. The molecule has 2 N–H and O–H groups in total. The Morgan fingerprint density at radius 1 is 0.972 bits per heavy atom. The second-order valence-corrected chi connectivity index (χ2v) is 9.46. The number of hydrogen-bond acceptors (Lipinski definition) is 4. The van der Waals surface area contributed by atoms with E-state index < -0.39 is 6.29 Å². The smallest absolute Gasteiger partial charge is 0.286 e. The SMILES string of the molecule is O=C(NCCc1ccccc1)C1=C[C@@H](c2ccc3c(c2)Cc2ccccc2-3)C[C@@H](OCCCCO)O1. The van der Waals surface area contributed by atoms with Gasteiger partial charge in [0.15, 0.2) is 5.76 Å². The van der Waals surface area contributed by atoms with Gasteiger partial charge in [0.05, 0.1) is 6.61 Å². The number of nitrogens with one attached hydrogen (secondary N) is 1. The normalized spacial score (nSPS) is 18.1. The van der Waals surface area contributed by atoms with Gasteiger partial charge in [0.2, 0.25) is 6.29 Å². The molecule has 0 saturated heterocycles. The topological polar surface area (TPSA) is 67.8 Å². The molecule has 186 valence electrons. The lowest BCUT2D eigenvalue weighted by atomic mass is 9.90. The first-order valence-corrected chi connectivity index (χ1v) is 12.9. The number of rotatable bonds is 10. The van der Waals surface area contributed by atoms with E-state index in [0.717, 1.165) is 19.3 Å². The number of allylic oxidation sites excluding steroid dienone is 1. The highest BCUT2D eigenvalue weighted by molar-refractivity contribution is 5.91.